The van der Waals surface area contributed by atoms with Crippen molar-refractivity contribution in [3.8, 4) is 0 Å². The molecule has 1 unspecified atom stereocenters. The number of likely N-dealkylation sites (tertiary alicyclic amines) is 1. The van der Waals surface area contributed by atoms with Gasteiger partial charge in [0, 0.05) is 26.2 Å². The van der Waals surface area contributed by atoms with Gasteiger partial charge < -0.3 is 10.1 Å². The highest BCUT2D eigenvalue weighted by Crippen LogP contribution is 2.19. The van der Waals surface area contributed by atoms with Crippen LogP contribution in [-0.4, -0.2) is 43.3 Å². The van der Waals surface area contributed by atoms with Gasteiger partial charge in [-0.2, -0.15) is 0 Å². The van der Waals surface area contributed by atoms with Gasteiger partial charge in [0.15, 0.2) is 0 Å². The summed E-state index contributed by atoms with van der Waals surface area (Å²) in [6.07, 6.45) is 4.50. The van der Waals surface area contributed by atoms with E-state index in [2.05, 4.69) is 40.5 Å². The van der Waals surface area contributed by atoms with Crippen LogP contribution in [-0.2, 0) is 11.3 Å². The lowest BCUT2D eigenvalue weighted by Crippen LogP contribution is -2.38. The highest BCUT2D eigenvalue weighted by molar-refractivity contribution is 5.14. The Morgan fingerprint density at radius 2 is 1.84 bits per heavy atom. The van der Waals surface area contributed by atoms with E-state index in [9.17, 15) is 0 Å². The van der Waals surface area contributed by atoms with Crippen LogP contribution in [0.3, 0.4) is 0 Å². The van der Waals surface area contributed by atoms with E-state index in [4.69, 9.17) is 4.74 Å². The topological polar surface area (TPSA) is 24.5 Å². The van der Waals surface area contributed by atoms with Crippen molar-refractivity contribution in [2.45, 2.75) is 38.0 Å². The van der Waals surface area contributed by atoms with E-state index in [0.29, 0.717) is 12.2 Å². The summed E-state index contributed by atoms with van der Waals surface area (Å²) in [5.41, 5.74) is 1.42. The zero-order chi connectivity index (χ0) is 12.9. The maximum Gasteiger partial charge on any atom is 0.0715 e. The predicted octanol–water partition coefficient (Wildman–Crippen LogP) is 2.03. The lowest BCUT2D eigenvalue weighted by molar-refractivity contribution is -0.0346. The molecule has 104 valence electrons. The summed E-state index contributed by atoms with van der Waals surface area (Å²) in [5.74, 6) is 0. The average molecular weight is 260 g/mol. The molecule has 0 amide bonds. The molecule has 3 rings (SSSR count). The lowest BCUT2D eigenvalue weighted by Gasteiger charge is -2.33. The summed E-state index contributed by atoms with van der Waals surface area (Å²) in [7, 11) is 0. The number of nitrogens with zero attached hydrogens (tertiary/aromatic N) is 1. The summed E-state index contributed by atoms with van der Waals surface area (Å²) in [5, 5.41) is 3.37. The minimum absolute atomic E-state index is 0.464. The van der Waals surface area contributed by atoms with Crippen LogP contribution >= 0.6 is 0 Å². The first-order valence-electron chi connectivity index (χ1n) is 7.52. The minimum atomic E-state index is 0.464. The third kappa shape index (κ3) is 3.78. The molecule has 0 radical (unpaired) electrons. The van der Waals surface area contributed by atoms with E-state index < -0.39 is 0 Å². The maximum absolute atomic E-state index is 6.16. The van der Waals surface area contributed by atoms with Crippen LogP contribution < -0.4 is 5.32 Å². The fraction of sp³-hybridized carbons (Fsp3) is 0.625. The zero-order valence-corrected chi connectivity index (χ0v) is 11.6. The SMILES string of the molecule is c1ccc(CN2CCC(OC3CCNC3)CC2)cc1. The Morgan fingerprint density at radius 3 is 2.53 bits per heavy atom. The van der Waals surface area contributed by atoms with E-state index in [1.807, 2.05) is 0 Å². The number of piperidine rings is 1. The summed E-state index contributed by atoms with van der Waals surface area (Å²) < 4.78 is 6.16. The third-order valence-corrected chi connectivity index (χ3v) is 4.18. The van der Waals surface area contributed by atoms with E-state index in [1.165, 1.54) is 37.9 Å². The third-order valence-electron chi connectivity index (χ3n) is 4.18. The Kier molecular flexibility index (Phi) is 4.49. The van der Waals surface area contributed by atoms with E-state index >= 15 is 0 Å². The second kappa shape index (κ2) is 6.51. The Balaban J connectivity index is 1.41. The summed E-state index contributed by atoms with van der Waals surface area (Å²) in [6, 6.07) is 10.8. The first kappa shape index (κ1) is 13.1. The van der Waals surface area contributed by atoms with Gasteiger partial charge in [-0.1, -0.05) is 30.3 Å². The number of hydrogen-bond donors (Lipinski definition) is 1. The molecular weight excluding hydrogens is 236 g/mol. The van der Waals surface area contributed by atoms with Crippen molar-refractivity contribution in [1.82, 2.24) is 10.2 Å². The standard InChI is InChI=1S/C16H24N2O/c1-2-4-14(5-3-1)13-18-10-7-15(8-11-18)19-16-6-9-17-12-16/h1-5,15-17H,6-13H2. The fourth-order valence-corrected chi connectivity index (χ4v) is 3.06. The molecule has 1 aromatic carbocycles. The molecule has 3 nitrogen and oxygen atoms in total. The molecular formula is C16H24N2O. The average Bonchev–Trinajstić information content (AvgIpc) is 2.95. The number of rotatable bonds is 4. The van der Waals surface area contributed by atoms with Gasteiger partial charge in [0.25, 0.3) is 0 Å². The summed E-state index contributed by atoms with van der Waals surface area (Å²) in [4.78, 5) is 2.54. The molecule has 0 saturated carbocycles. The fourth-order valence-electron chi connectivity index (χ4n) is 3.06. The molecule has 2 aliphatic rings. The Hall–Kier alpha value is -0.900. The van der Waals surface area contributed by atoms with Crippen LogP contribution in [0.4, 0.5) is 0 Å². The number of benzene rings is 1. The first-order chi connectivity index (χ1) is 9.40. The number of nitrogens with one attached hydrogen (secondary N) is 1. The minimum Gasteiger partial charge on any atom is -0.374 e. The number of ether oxygens (including phenoxy) is 1. The summed E-state index contributed by atoms with van der Waals surface area (Å²) >= 11 is 0. The van der Waals surface area contributed by atoms with E-state index in [-0.39, 0.29) is 0 Å². The van der Waals surface area contributed by atoms with Gasteiger partial charge in [0.2, 0.25) is 0 Å². The van der Waals surface area contributed by atoms with Crippen LogP contribution in [0, 0.1) is 0 Å². The smallest absolute Gasteiger partial charge is 0.0715 e. The molecule has 1 N–H and O–H groups in total. The van der Waals surface area contributed by atoms with Gasteiger partial charge in [0.05, 0.1) is 12.2 Å². The van der Waals surface area contributed by atoms with Crippen LogP contribution in [0.25, 0.3) is 0 Å². The van der Waals surface area contributed by atoms with E-state index in [0.717, 1.165) is 19.6 Å². The second-order valence-electron chi connectivity index (χ2n) is 5.71. The molecule has 0 spiro atoms. The quantitative estimate of drug-likeness (QED) is 0.896. The maximum atomic E-state index is 6.16. The Morgan fingerprint density at radius 1 is 1.05 bits per heavy atom. The van der Waals surface area contributed by atoms with Crippen molar-refractivity contribution < 1.29 is 4.74 Å². The largest absolute Gasteiger partial charge is 0.374 e. The monoisotopic (exact) mass is 260 g/mol. The van der Waals surface area contributed by atoms with Gasteiger partial charge in [0.1, 0.15) is 0 Å². The summed E-state index contributed by atoms with van der Waals surface area (Å²) in [6.45, 7) is 5.58. The molecule has 1 aromatic rings. The van der Waals surface area contributed by atoms with Gasteiger partial charge in [-0.3, -0.25) is 4.90 Å². The first-order valence-corrected chi connectivity index (χ1v) is 7.52. The molecule has 0 aliphatic carbocycles. The molecule has 0 bridgehead atoms. The molecule has 2 heterocycles. The van der Waals surface area contributed by atoms with Crippen LogP contribution in [0.2, 0.25) is 0 Å². The Labute approximate surface area is 115 Å². The second-order valence-corrected chi connectivity index (χ2v) is 5.71. The van der Waals surface area contributed by atoms with Crippen LogP contribution in [0.5, 0.6) is 0 Å². The van der Waals surface area contributed by atoms with Crippen LogP contribution in [0.15, 0.2) is 30.3 Å². The van der Waals surface area contributed by atoms with Crippen molar-refractivity contribution in [1.29, 1.82) is 0 Å². The highest BCUT2D eigenvalue weighted by Gasteiger charge is 2.24. The lowest BCUT2D eigenvalue weighted by atomic mass is 10.1. The molecule has 2 saturated heterocycles. The highest BCUT2D eigenvalue weighted by atomic mass is 16.5. The molecule has 0 aromatic heterocycles. The molecule has 2 aliphatic heterocycles. The van der Waals surface area contributed by atoms with Gasteiger partial charge >= 0.3 is 0 Å². The molecule has 3 heteroatoms. The Bertz CT molecular complexity index is 368. The van der Waals surface area contributed by atoms with Crippen molar-refractivity contribution in [3.63, 3.8) is 0 Å². The molecule has 19 heavy (non-hydrogen) atoms. The van der Waals surface area contributed by atoms with Crippen molar-refractivity contribution >= 4 is 0 Å². The zero-order valence-electron chi connectivity index (χ0n) is 11.6. The van der Waals surface area contributed by atoms with Gasteiger partial charge in [-0.05, 0) is 31.4 Å². The van der Waals surface area contributed by atoms with Crippen molar-refractivity contribution in [3.05, 3.63) is 35.9 Å². The predicted molar refractivity (Wildman–Crippen MR) is 77.1 cm³/mol. The molecule has 2 fully saturated rings. The van der Waals surface area contributed by atoms with E-state index in [1.54, 1.807) is 0 Å². The normalized spacial score (nSPS) is 25.8. The van der Waals surface area contributed by atoms with Crippen molar-refractivity contribution in [2.75, 3.05) is 26.2 Å². The van der Waals surface area contributed by atoms with Crippen molar-refractivity contribution in [2.24, 2.45) is 0 Å². The number of hydrogen-bond acceptors (Lipinski definition) is 3. The van der Waals surface area contributed by atoms with Crippen LogP contribution in [0.1, 0.15) is 24.8 Å². The molecule has 1 atom stereocenters. The van der Waals surface area contributed by atoms with Gasteiger partial charge in [-0.25, -0.2) is 0 Å². The van der Waals surface area contributed by atoms with Gasteiger partial charge in [-0.15, -0.1) is 0 Å².